The average molecular weight is 1320 g/mol. The van der Waals surface area contributed by atoms with Gasteiger partial charge in [0.25, 0.3) is 0 Å². The third-order valence-corrected chi connectivity index (χ3v) is 23.5. The number of aliphatic hydroxyl groups is 1. The van der Waals surface area contributed by atoms with Crippen molar-refractivity contribution in [2.45, 2.75) is 223 Å². The lowest BCUT2D eigenvalue weighted by Crippen LogP contribution is -2.28. The highest BCUT2D eigenvalue weighted by Gasteiger charge is 2.45. The molecule has 0 unspecified atom stereocenters. The fourth-order valence-corrected chi connectivity index (χ4v) is 17.5. The highest BCUT2D eigenvalue weighted by Crippen LogP contribution is 2.62. The molecule has 8 aromatic carbocycles. The number of aryl methyl sites for hydroxylation is 2. The number of aromatic nitrogens is 4. The summed E-state index contributed by atoms with van der Waals surface area (Å²) in [6.45, 7) is 59.8. The van der Waals surface area contributed by atoms with Crippen LogP contribution < -0.4 is 5.35 Å². The summed E-state index contributed by atoms with van der Waals surface area (Å²) < 4.78 is 0. The van der Waals surface area contributed by atoms with Crippen LogP contribution in [0, 0.1) is 24.3 Å². The van der Waals surface area contributed by atoms with Gasteiger partial charge in [-0.05, 0) is 237 Å². The molecule has 4 heterocycles. The van der Waals surface area contributed by atoms with E-state index in [0.29, 0.717) is 11.0 Å². The molecule has 0 amide bonds. The van der Waals surface area contributed by atoms with E-state index in [1.165, 1.54) is 121 Å². The Kier molecular flexibility index (Phi) is 12.6. The Morgan fingerprint density at radius 1 is 0.300 bits per heavy atom. The van der Waals surface area contributed by atoms with E-state index in [4.69, 9.17) is 4.98 Å². The first-order valence-corrected chi connectivity index (χ1v) is 36.6. The minimum atomic E-state index is -0.228. The number of rotatable bonds is 3. The molecule has 3 aromatic heterocycles. The number of nitrogens with one attached hydrogen (secondary N) is 3. The molecule has 11 aromatic rings. The highest BCUT2D eigenvalue weighted by atomic mass is 16.3. The zero-order valence-corrected chi connectivity index (χ0v) is 64.0. The van der Waals surface area contributed by atoms with Crippen LogP contribution in [0.15, 0.2) is 103 Å². The van der Waals surface area contributed by atoms with E-state index in [1.807, 2.05) is 0 Å². The normalized spacial score (nSPS) is 15.4. The maximum absolute atomic E-state index is 16.8. The quantitative estimate of drug-likeness (QED) is 0.142. The fourth-order valence-electron chi connectivity index (χ4n) is 17.5. The molecule has 0 bridgehead atoms. The first-order chi connectivity index (χ1) is 46.3. The van der Waals surface area contributed by atoms with Crippen LogP contribution in [-0.4, -0.2) is 30.8 Å². The minimum Gasteiger partial charge on any atom is -0.506 e. The number of nitrogens with zero attached hydrogens (tertiary/aromatic N) is 1. The number of benzene rings is 8. The number of ketones is 1. The first kappa shape index (κ1) is 64.4. The molecule has 0 radical (unpaired) electrons. The van der Waals surface area contributed by atoms with Crippen LogP contribution in [0.5, 0.6) is 0 Å². The lowest BCUT2D eigenvalue weighted by Gasteiger charge is -2.24. The smallest absolute Gasteiger partial charge is 0.204 e. The predicted octanol–water partition coefficient (Wildman–Crippen LogP) is 24.7. The van der Waals surface area contributed by atoms with Gasteiger partial charge in [-0.2, -0.15) is 0 Å². The van der Waals surface area contributed by atoms with Crippen molar-refractivity contribution in [3.05, 3.63) is 180 Å². The summed E-state index contributed by atoms with van der Waals surface area (Å²) in [5.41, 5.74) is 29.5. The van der Waals surface area contributed by atoms with Gasteiger partial charge in [0.2, 0.25) is 5.78 Å². The third kappa shape index (κ3) is 8.85. The van der Waals surface area contributed by atoms with Gasteiger partial charge < -0.3 is 20.1 Å². The number of carbonyl (C=O) groups is 1. The van der Waals surface area contributed by atoms with Crippen LogP contribution >= 0.6 is 0 Å². The van der Waals surface area contributed by atoms with Crippen LogP contribution in [0.2, 0.25) is 0 Å². The third-order valence-electron chi connectivity index (χ3n) is 23.5. The van der Waals surface area contributed by atoms with Gasteiger partial charge >= 0.3 is 0 Å². The van der Waals surface area contributed by atoms with Gasteiger partial charge in [-0.1, -0.05) is 215 Å². The molecule has 0 spiro atoms. The number of aromatic amines is 3. The number of hydrogen-bond acceptors (Lipinski definition) is 3. The number of allylic oxidation sites excluding steroid dienone is 2. The number of aliphatic hydroxyl groups excluding tert-OH is 1. The second kappa shape index (κ2) is 19.5. The van der Waals surface area contributed by atoms with Crippen molar-refractivity contribution in [2.24, 2.45) is 0 Å². The summed E-state index contributed by atoms with van der Waals surface area (Å²) in [6.07, 6.45) is 0. The van der Waals surface area contributed by atoms with Gasteiger partial charge in [-0.15, -0.1) is 0 Å². The molecule has 506 valence electrons. The summed E-state index contributed by atoms with van der Waals surface area (Å²) in [4.78, 5) is 35.0. The predicted molar refractivity (Wildman–Crippen MR) is 424 cm³/mol. The molecule has 0 saturated carbocycles. The van der Waals surface area contributed by atoms with Crippen molar-refractivity contribution in [3.8, 4) is 89.5 Å². The van der Waals surface area contributed by atoms with Gasteiger partial charge in [-0.3, -0.25) is 4.79 Å². The Morgan fingerprint density at radius 3 is 0.910 bits per heavy atom. The van der Waals surface area contributed by atoms with Crippen LogP contribution in [-0.2, 0) is 48.1 Å². The number of carbonyl (C=O) groups excluding carboxylic acids is 1. The van der Waals surface area contributed by atoms with Crippen molar-refractivity contribution < 1.29 is 9.90 Å². The van der Waals surface area contributed by atoms with E-state index < -0.39 is 0 Å². The molecule has 0 saturated heterocycles. The van der Waals surface area contributed by atoms with Crippen LogP contribution in [0.4, 0.5) is 0 Å². The topological polar surface area (TPSA) is 97.6 Å². The Hall–Kier alpha value is -9.00. The highest BCUT2D eigenvalue weighted by molar-refractivity contribution is 6.52. The van der Waals surface area contributed by atoms with Crippen LogP contribution in [0.3, 0.4) is 0 Å². The zero-order valence-electron chi connectivity index (χ0n) is 64.0. The van der Waals surface area contributed by atoms with E-state index in [-0.39, 0.29) is 66.0 Å². The molecule has 6 nitrogen and oxygen atoms in total. The van der Waals surface area contributed by atoms with Crippen molar-refractivity contribution in [1.29, 1.82) is 0 Å². The number of hydrogen-bond donors (Lipinski definition) is 4. The zero-order chi connectivity index (χ0) is 71.5. The van der Waals surface area contributed by atoms with Crippen molar-refractivity contribution in [2.75, 3.05) is 0 Å². The Bertz CT molecular complexity index is 6090. The number of Topliss-reactive ketones (excluding diaryl/α,β-unsaturated/α-hetero) is 1. The second-order valence-corrected chi connectivity index (χ2v) is 38.9. The summed E-state index contributed by atoms with van der Waals surface area (Å²) in [6, 6.07) is 38.6. The van der Waals surface area contributed by atoms with Gasteiger partial charge in [0.1, 0.15) is 5.76 Å². The molecule has 4 N–H and O–H groups in total. The Morgan fingerprint density at radius 2 is 0.570 bits per heavy atom. The lowest BCUT2D eigenvalue weighted by atomic mass is 9.80. The first-order valence-electron chi connectivity index (χ1n) is 36.6. The molecule has 6 heteroatoms. The Labute approximate surface area is 590 Å². The van der Waals surface area contributed by atoms with Gasteiger partial charge in [-0.25, -0.2) is 4.98 Å². The van der Waals surface area contributed by atoms with E-state index in [1.54, 1.807) is 0 Å². The van der Waals surface area contributed by atoms with Crippen molar-refractivity contribution in [1.82, 2.24) is 19.9 Å². The van der Waals surface area contributed by atoms with Crippen LogP contribution in [0.1, 0.15) is 228 Å². The summed E-state index contributed by atoms with van der Waals surface area (Å²) in [7, 11) is 0. The van der Waals surface area contributed by atoms with Gasteiger partial charge in [0.05, 0.1) is 45.0 Å². The monoisotopic (exact) mass is 1310 g/mol. The molecule has 0 atom stereocenters. The molecule has 5 aliphatic carbocycles. The van der Waals surface area contributed by atoms with Crippen molar-refractivity contribution >= 4 is 70.8 Å². The van der Waals surface area contributed by atoms with Gasteiger partial charge in [0.15, 0.2) is 0 Å². The minimum absolute atomic E-state index is 0.0410. The second-order valence-electron chi connectivity index (χ2n) is 38.9. The summed E-state index contributed by atoms with van der Waals surface area (Å²) in [5.74, 6) is -0.269. The fraction of sp³-hybridized carbons (Fsp3) is 0.362. The number of H-pyrrole nitrogens is 3. The summed E-state index contributed by atoms with van der Waals surface area (Å²) >= 11 is 0. The molecule has 6 aliphatic rings. The molecular formula is C94H98N4O2. The molecular weight excluding hydrogens is 1220 g/mol. The van der Waals surface area contributed by atoms with Gasteiger partial charge in [0, 0.05) is 55.2 Å². The molecule has 100 heavy (non-hydrogen) atoms. The van der Waals surface area contributed by atoms with E-state index in [2.05, 4.69) is 292 Å². The Balaban J connectivity index is 1.000. The van der Waals surface area contributed by atoms with E-state index in [0.717, 1.165) is 88.6 Å². The SMILES string of the molecule is Cc1[nH]c(-c2[nH]c(C3=C(O)C(=c4nc(-c5[nH]c(C)c6c5-c5cc(C(C)(C)C)cc7cc(C(C)(C)C)cc-6c57)c5c6cc(C(C)(C)C)cc7cc(C(C)(C)C)cc(c4=5)c76)C3=O)c3c2-c2cc(C(C)(C)C)cc4cc(C(C)(C)C)cc-3c24)c2c1-c1cc(C(C)(C)C)cc3cc(C(C)(C)C)cc-2c13. The molecule has 1 aliphatic heterocycles. The lowest BCUT2D eigenvalue weighted by molar-refractivity contribution is -0.110. The summed E-state index contributed by atoms with van der Waals surface area (Å²) in [5, 5.41) is 28.1. The standard InChI is InChI=1S/C94H98N4O2/c1-43-65-57-35-49(87(3,4)5)27-45-29-51(89(9,10)11)37-59(67(45)57)71(65)81(95-43)83-75-63-41-55(93(21,22)23)33-47-31-53(91(15,16)17)39-61(69(47)63)73(75)79(97-83)77-85(99)78(86(77)100)80-74-62-40-54(92(18,19)20)32-48-34-56(94(24,25)26)42-64(70(48)62)76(74)84(98-80)82-72-60-38-52(90(12,13)14)30-46-28-50(88(6,7)8)36-58(68(46)60)66(72)44(2)96-82/h27-42,95-97,99H,1-26H3. The maximum Gasteiger partial charge on any atom is 0.204 e. The molecule has 0 fully saturated rings. The maximum atomic E-state index is 16.8. The van der Waals surface area contributed by atoms with Crippen molar-refractivity contribution in [3.63, 3.8) is 0 Å². The van der Waals surface area contributed by atoms with Crippen LogP contribution in [0.25, 0.3) is 155 Å². The molecule has 17 rings (SSSR count). The number of fused-ring (bicyclic) bond motifs is 11. The van der Waals surface area contributed by atoms with E-state index >= 15 is 4.79 Å². The van der Waals surface area contributed by atoms with E-state index in [9.17, 15) is 5.11 Å². The largest absolute Gasteiger partial charge is 0.506 e. The average Bonchev–Trinajstić information content (AvgIpc) is 1.52.